The number of hydrogen-bond donors (Lipinski definition) is 1. The van der Waals surface area contributed by atoms with Crippen molar-refractivity contribution >= 4 is 45.1 Å². The van der Waals surface area contributed by atoms with E-state index in [0.29, 0.717) is 15.9 Å². The van der Waals surface area contributed by atoms with Gasteiger partial charge in [0.25, 0.3) is 11.5 Å². The number of benzene rings is 2. The van der Waals surface area contributed by atoms with E-state index in [-0.39, 0.29) is 21.8 Å². The largest absolute Gasteiger partial charge is 0.449 e. The van der Waals surface area contributed by atoms with Crippen molar-refractivity contribution in [2.24, 2.45) is 7.05 Å². The maximum atomic E-state index is 12.9. The first-order chi connectivity index (χ1) is 14.2. The van der Waals surface area contributed by atoms with E-state index in [2.05, 4.69) is 21.2 Å². The first-order valence-corrected chi connectivity index (χ1v) is 10.2. The molecule has 1 amide bonds. The van der Waals surface area contributed by atoms with Gasteiger partial charge in [-0.05, 0) is 44.2 Å². The fourth-order valence-electron chi connectivity index (χ4n) is 2.87. The normalized spacial score (nSPS) is 11.8. The number of carbonyl (C=O) groups is 2. The average Bonchev–Trinajstić information content (AvgIpc) is 2.93. The number of carbonyl (C=O) groups excluding carboxylic acids is 2. The molecule has 1 N–H and O–H groups in total. The molecule has 0 aliphatic rings. The minimum atomic E-state index is -1.14. The Labute approximate surface area is 186 Å². The van der Waals surface area contributed by atoms with Crippen LogP contribution in [0.4, 0.5) is 5.69 Å². The van der Waals surface area contributed by atoms with Crippen molar-refractivity contribution in [2.75, 3.05) is 5.32 Å². The Kier molecular flexibility index (Phi) is 6.48. The summed E-state index contributed by atoms with van der Waals surface area (Å²) in [6.07, 6.45) is -1.14. The quantitative estimate of drug-likeness (QED) is 0.544. The Morgan fingerprint density at radius 3 is 2.50 bits per heavy atom. The van der Waals surface area contributed by atoms with E-state index >= 15 is 0 Å². The highest BCUT2D eigenvalue weighted by Crippen LogP contribution is 2.22. The van der Waals surface area contributed by atoms with Gasteiger partial charge in [-0.15, -0.1) is 0 Å². The Balaban J connectivity index is 1.80. The fourth-order valence-corrected chi connectivity index (χ4v) is 3.42. The number of aromatic nitrogens is 2. The maximum Gasteiger partial charge on any atom is 0.340 e. The van der Waals surface area contributed by atoms with Gasteiger partial charge in [-0.25, -0.2) is 9.48 Å². The summed E-state index contributed by atoms with van der Waals surface area (Å²) in [5, 5.41) is 2.79. The Hall–Kier alpha value is -2.84. The summed E-state index contributed by atoms with van der Waals surface area (Å²) in [4.78, 5) is 37.9. The second-order valence-corrected chi connectivity index (χ2v) is 7.92. The SMILES string of the molecule is Cc1c(NC(=O)C(C)OC(=O)c2cc(Br)ccc2Cl)c(=O)n(-c2ccccc2)n1C. The first kappa shape index (κ1) is 21.9. The zero-order valence-corrected chi connectivity index (χ0v) is 18.8. The van der Waals surface area contributed by atoms with E-state index in [1.165, 1.54) is 17.7 Å². The van der Waals surface area contributed by atoms with Crippen LogP contribution in [0.3, 0.4) is 0 Å². The number of rotatable bonds is 5. The van der Waals surface area contributed by atoms with E-state index in [1.54, 1.807) is 42.9 Å². The molecule has 0 bridgehead atoms. The predicted octanol–water partition coefficient (Wildman–Crippen LogP) is 4.08. The smallest absolute Gasteiger partial charge is 0.340 e. The lowest BCUT2D eigenvalue weighted by Gasteiger charge is -2.13. The topological polar surface area (TPSA) is 82.3 Å². The minimum absolute atomic E-state index is 0.120. The molecule has 3 aromatic rings. The number of anilines is 1. The standard InChI is InChI=1S/C21H19BrClN3O4/c1-12-18(20(28)26(25(12)3)15-7-5-4-6-8-15)24-19(27)13(2)30-21(29)16-11-14(22)9-10-17(16)23/h4-11,13H,1-3H3,(H,24,27). The van der Waals surface area contributed by atoms with Gasteiger partial charge in [-0.2, -0.15) is 0 Å². The third-order valence-electron chi connectivity index (χ3n) is 4.60. The molecule has 0 fully saturated rings. The van der Waals surface area contributed by atoms with Crippen LogP contribution >= 0.6 is 27.5 Å². The molecule has 30 heavy (non-hydrogen) atoms. The van der Waals surface area contributed by atoms with Gasteiger partial charge in [0.2, 0.25) is 0 Å². The molecule has 1 aromatic heterocycles. The second-order valence-electron chi connectivity index (χ2n) is 6.60. The molecule has 1 unspecified atom stereocenters. The lowest BCUT2D eigenvalue weighted by Crippen LogP contribution is -2.32. The van der Waals surface area contributed by atoms with E-state index in [9.17, 15) is 14.4 Å². The van der Waals surface area contributed by atoms with Crippen molar-refractivity contribution in [3.63, 3.8) is 0 Å². The number of ether oxygens (including phenoxy) is 1. The van der Waals surface area contributed by atoms with Crippen molar-refractivity contribution < 1.29 is 14.3 Å². The molecule has 156 valence electrons. The van der Waals surface area contributed by atoms with Crippen LogP contribution in [-0.4, -0.2) is 27.3 Å². The highest BCUT2D eigenvalue weighted by atomic mass is 79.9. The van der Waals surface area contributed by atoms with Gasteiger partial charge < -0.3 is 10.1 Å². The monoisotopic (exact) mass is 491 g/mol. The van der Waals surface area contributed by atoms with E-state index in [0.717, 1.165) is 0 Å². The van der Waals surface area contributed by atoms with E-state index < -0.39 is 18.0 Å². The summed E-state index contributed by atoms with van der Waals surface area (Å²) in [6.45, 7) is 3.14. The highest BCUT2D eigenvalue weighted by molar-refractivity contribution is 9.10. The van der Waals surface area contributed by atoms with Gasteiger partial charge >= 0.3 is 5.97 Å². The van der Waals surface area contributed by atoms with Gasteiger partial charge in [0.15, 0.2) is 6.10 Å². The summed E-state index contributed by atoms with van der Waals surface area (Å²) in [6, 6.07) is 13.8. The number of nitrogens with zero attached hydrogens (tertiary/aromatic N) is 2. The van der Waals surface area contributed by atoms with Crippen LogP contribution in [0.5, 0.6) is 0 Å². The zero-order valence-electron chi connectivity index (χ0n) is 16.5. The molecule has 9 heteroatoms. The summed E-state index contributed by atoms with van der Waals surface area (Å²) >= 11 is 9.30. The van der Waals surface area contributed by atoms with E-state index in [4.69, 9.17) is 16.3 Å². The Bertz CT molecular complexity index is 1170. The lowest BCUT2D eigenvalue weighted by molar-refractivity contribution is -0.123. The number of esters is 1. The molecule has 0 saturated heterocycles. The Morgan fingerprint density at radius 2 is 1.83 bits per heavy atom. The van der Waals surface area contributed by atoms with Crippen LogP contribution < -0.4 is 10.9 Å². The summed E-state index contributed by atoms with van der Waals surface area (Å²) in [5.74, 6) is -1.36. The number of hydrogen-bond acceptors (Lipinski definition) is 4. The van der Waals surface area contributed by atoms with E-state index in [1.807, 2.05) is 18.2 Å². The first-order valence-electron chi connectivity index (χ1n) is 9.01. The molecular weight excluding hydrogens is 474 g/mol. The molecule has 3 rings (SSSR count). The van der Waals surface area contributed by atoms with Crippen LogP contribution in [0.15, 0.2) is 57.8 Å². The van der Waals surface area contributed by atoms with Gasteiger partial charge in [0, 0.05) is 11.5 Å². The second kappa shape index (κ2) is 8.89. The number of amides is 1. The summed E-state index contributed by atoms with van der Waals surface area (Å²) in [5.41, 5.74) is 1.09. The molecular formula is C21H19BrClN3O4. The lowest BCUT2D eigenvalue weighted by atomic mass is 10.2. The third-order valence-corrected chi connectivity index (χ3v) is 5.43. The molecule has 1 atom stereocenters. The molecule has 0 saturated carbocycles. The average molecular weight is 493 g/mol. The molecule has 0 spiro atoms. The minimum Gasteiger partial charge on any atom is -0.449 e. The predicted molar refractivity (Wildman–Crippen MR) is 118 cm³/mol. The molecule has 1 heterocycles. The van der Waals surface area contributed by atoms with Crippen molar-refractivity contribution in [2.45, 2.75) is 20.0 Å². The highest BCUT2D eigenvalue weighted by Gasteiger charge is 2.24. The molecule has 0 aliphatic heterocycles. The van der Waals surface area contributed by atoms with Gasteiger partial charge in [-0.1, -0.05) is 45.7 Å². The van der Waals surface area contributed by atoms with Crippen LogP contribution in [-0.2, 0) is 16.6 Å². The van der Waals surface area contributed by atoms with Gasteiger partial charge in [-0.3, -0.25) is 14.3 Å². The molecule has 7 nitrogen and oxygen atoms in total. The number of para-hydroxylation sites is 1. The molecule has 0 radical (unpaired) electrons. The van der Waals surface area contributed by atoms with Crippen molar-refractivity contribution in [3.8, 4) is 5.69 Å². The molecule has 0 aliphatic carbocycles. The summed E-state index contributed by atoms with van der Waals surface area (Å²) in [7, 11) is 1.72. The Morgan fingerprint density at radius 1 is 1.17 bits per heavy atom. The van der Waals surface area contributed by atoms with Crippen molar-refractivity contribution in [3.05, 3.63) is 79.6 Å². The van der Waals surface area contributed by atoms with Crippen LogP contribution in [0.2, 0.25) is 5.02 Å². The van der Waals surface area contributed by atoms with Crippen LogP contribution in [0.25, 0.3) is 5.69 Å². The van der Waals surface area contributed by atoms with Crippen molar-refractivity contribution in [1.29, 1.82) is 0 Å². The number of halogens is 2. The number of nitrogens with one attached hydrogen (secondary N) is 1. The fraction of sp³-hybridized carbons (Fsp3) is 0.190. The van der Waals surface area contributed by atoms with Gasteiger partial charge in [0.05, 0.1) is 22.0 Å². The van der Waals surface area contributed by atoms with Crippen LogP contribution in [0.1, 0.15) is 23.0 Å². The molecule has 2 aromatic carbocycles. The van der Waals surface area contributed by atoms with Crippen molar-refractivity contribution in [1.82, 2.24) is 9.36 Å². The van der Waals surface area contributed by atoms with Gasteiger partial charge in [0.1, 0.15) is 5.69 Å². The maximum absolute atomic E-state index is 12.9. The van der Waals surface area contributed by atoms with Crippen LogP contribution in [0, 0.1) is 6.92 Å². The third kappa shape index (κ3) is 4.34. The zero-order chi connectivity index (χ0) is 22.0. The summed E-state index contributed by atoms with van der Waals surface area (Å²) < 4.78 is 8.98.